The fraction of sp³-hybridized carbons (Fsp3) is 0.333. The molecule has 0 bridgehead atoms. The molecule has 28 heavy (non-hydrogen) atoms. The Morgan fingerprint density at radius 3 is 2.79 bits per heavy atom. The minimum absolute atomic E-state index is 0.590. The quantitative estimate of drug-likeness (QED) is 0.523. The first-order chi connectivity index (χ1) is 13.7. The van der Waals surface area contributed by atoms with Crippen molar-refractivity contribution in [3.05, 3.63) is 52.5 Å². The number of aryl methyl sites for hydroxylation is 1. The van der Waals surface area contributed by atoms with Gasteiger partial charge >= 0.3 is 0 Å². The lowest BCUT2D eigenvalue weighted by molar-refractivity contribution is 0.297. The summed E-state index contributed by atoms with van der Waals surface area (Å²) in [7, 11) is 0. The van der Waals surface area contributed by atoms with Crippen LogP contribution in [0.2, 0.25) is 5.02 Å². The second-order valence-electron chi connectivity index (χ2n) is 6.61. The van der Waals surface area contributed by atoms with Crippen molar-refractivity contribution in [3.8, 4) is 22.9 Å². The summed E-state index contributed by atoms with van der Waals surface area (Å²) in [6, 6.07) is 12.2. The second kappa shape index (κ2) is 8.45. The molecule has 0 aliphatic carbocycles. The maximum absolute atomic E-state index is 6.41. The van der Waals surface area contributed by atoms with Crippen LogP contribution in [-0.4, -0.2) is 28.0 Å². The van der Waals surface area contributed by atoms with Gasteiger partial charge in [-0.1, -0.05) is 47.6 Å². The first kappa shape index (κ1) is 19.2. The Morgan fingerprint density at radius 1 is 1.14 bits per heavy atom. The van der Waals surface area contributed by atoms with Gasteiger partial charge in [0.05, 0.1) is 18.2 Å². The Labute approximate surface area is 174 Å². The summed E-state index contributed by atoms with van der Waals surface area (Å²) in [5, 5.41) is 10.4. The van der Waals surface area contributed by atoms with Gasteiger partial charge in [-0.25, -0.2) is 0 Å². The molecule has 0 amide bonds. The molecule has 1 aromatic heterocycles. The zero-order chi connectivity index (χ0) is 19.5. The van der Waals surface area contributed by atoms with Crippen molar-refractivity contribution >= 4 is 23.4 Å². The molecule has 0 radical (unpaired) electrons. The van der Waals surface area contributed by atoms with E-state index in [1.54, 1.807) is 11.8 Å². The molecule has 0 saturated heterocycles. The predicted molar refractivity (Wildman–Crippen MR) is 112 cm³/mol. The molecule has 2 aromatic carbocycles. The number of halogens is 1. The molecule has 0 atom stereocenters. The number of ether oxygens (including phenoxy) is 2. The molecule has 5 nitrogen and oxygen atoms in total. The summed E-state index contributed by atoms with van der Waals surface area (Å²) in [4.78, 5) is 0. The lowest BCUT2D eigenvalue weighted by Crippen LogP contribution is -2.01. The van der Waals surface area contributed by atoms with E-state index in [1.807, 2.05) is 24.3 Å². The number of fused-ring (bicyclic) bond motifs is 1. The Kier molecular flexibility index (Phi) is 5.78. The van der Waals surface area contributed by atoms with E-state index >= 15 is 0 Å². The van der Waals surface area contributed by atoms with Crippen LogP contribution in [0.1, 0.15) is 24.5 Å². The van der Waals surface area contributed by atoms with Gasteiger partial charge in [-0.15, -0.1) is 10.2 Å². The highest BCUT2D eigenvalue weighted by Crippen LogP contribution is 2.39. The Bertz CT molecular complexity index is 990. The van der Waals surface area contributed by atoms with Gasteiger partial charge in [0.2, 0.25) is 0 Å². The van der Waals surface area contributed by atoms with Crippen LogP contribution in [0.15, 0.2) is 41.6 Å². The number of benzene rings is 2. The number of aromatic nitrogens is 3. The fourth-order valence-corrected chi connectivity index (χ4v) is 4.44. The maximum Gasteiger partial charge on any atom is 0.191 e. The smallest absolute Gasteiger partial charge is 0.191 e. The molecule has 0 N–H and O–H groups in total. The Hall–Kier alpha value is -2.18. The average Bonchev–Trinajstić information content (AvgIpc) is 2.94. The van der Waals surface area contributed by atoms with Crippen LogP contribution in [0.3, 0.4) is 0 Å². The monoisotopic (exact) mass is 415 g/mol. The number of nitrogens with zero attached hydrogens (tertiary/aromatic N) is 3. The van der Waals surface area contributed by atoms with Gasteiger partial charge < -0.3 is 14.0 Å². The topological polar surface area (TPSA) is 49.2 Å². The Balaban J connectivity index is 1.57. The van der Waals surface area contributed by atoms with E-state index in [1.165, 1.54) is 5.56 Å². The van der Waals surface area contributed by atoms with Crippen molar-refractivity contribution in [1.29, 1.82) is 0 Å². The van der Waals surface area contributed by atoms with Crippen molar-refractivity contribution in [2.45, 2.75) is 37.7 Å². The van der Waals surface area contributed by atoms with Gasteiger partial charge in [-0.2, -0.15) is 0 Å². The first-order valence-corrected chi connectivity index (χ1v) is 10.7. The van der Waals surface area contributed by atoms with E-state index in [-0.39, 0.29) is 0 Å². The lowest BCUT2D eigenvalue weighted by Gasteiger charge is -2.12. The molecule has 0 unspecified atom stereocenters. The van der Waals surface area contributed by atoms with Gasteiger partial charge in [0.15, 0.2) is 22.5 Å². The molecule has 7 heteroatoms. The van der Waals surface area contributed by atoms with Crippen LogP contribution in [0.4, 0.5) is 0 Å². The zero-order valence-electron chi connectivity index (χ0n) is 15.9. The summed E-state index contributed by atoms with van der Waals surface area (Å²) in [6.07, 6.45) is 0.858. The third kappa shape index (κ3) is 3.84. The van der Waals surface area contributed by atoms with Crippen LogP contribution >= 0.6 is 23.4 Å². The van der Waals surface area contributed by atoms with E-state index in [0.717, 1.165) is 46.6 Å². The molecule has 0 spiro atoms. The highest BCUT2D eigenvalue weighted by molar-refractivity contribution is 7.98. The average molecular weight is 416 g/mol. The van der Waals surface area contributed by atoms with Crippen LogP contribution in [0.25, 0.3) is 11.4 Å². The zero-order valence-corrected chi connectivity index (χ0v) is 17.5. The van der Waals surface area contributed by atoms with Crippen molar-refractivity contribution in [2.75, 3.05) is 13.2 Å². The van der Waals surface area contributed by atoms with Gasteiger partial charge in [0.25, 0.3) is 0 Å². The van der Waals surface area contributed by atoms with Crippen LogP contribution in [0.5, 0.6) is 11.5 Å². The molecule has 1 aliphatic heterocycles. The van der Waals surface area contributed by atoms with E-state index < -0.39 is 0 Å². The van der Waals surface area contributed by atoms with E-state index in [4.69, 9.17) is 21.1 Å². The summed E-state index contributed by atoms with van der Waals surface area (Å²) >= 11 is 8.06. The molecule has 4 rings (SSSR count). The standard InChI is InChI=1S/C21H22ClN3O2S/c1-3-25-20(16-8-5-4-7-14(16)2)23-24-21(25)28-13-15-11-17(22)19-18(12-15)26-9-6-10-27-19/h4-5,7-8,11-12H,3,6,9-10,13H2,1-2H3. The molecule has 146 valence electrons. The van der Waals surface area contributed by atoms with Crippen molar-refractivity contribution in [3.63, 3.8) is 0 Å². The molecule has 3 aromatic rings. The SMILES string of the molecule is CCn1c(SCc2cc(Cl)c3c(c2)OCCCO3)nnc1-c1ccccc1C. The van der Waals surface area contributed by atoms with E-state index in [2.05, 4.69) is 40.7 Å². The molecule has 2 heterocycles. The number of hydrogen-bond acceptors (Lipinski definition) is 5. The van der Waals surface area contributed by atoms with Crippen LogP contribution in [0, 0.1) is 6.92 Å². The summed E-state index contributed by atoms with van der Waals surface area (Å²) in [5.74, 6) is 2.99. The van der Waals surface area contributed by atoms with Crippen molar-refractivity contribution < 1.29 is 9.47 Å². The minimum Gasteiger partial charge on any atom is -0.489 e. The van der Waals surface area contributed by atoms with E-state index in [0.29, 0.717) is 24.0 Å². The molecular formula is C21H22ClN3O2S. The Morgan fingerprint density at radius 2 is 1.96 bits per heavy atom. The fourth-order valence-electron chi connectivity index (χ4n) is 3.22. The van der Waals surface area contributed by atoms with Crippen LogP contribution < -0.4 is 9.47 Å². The van der Waals surface area contributed by atoms with Gasteiger partial charge in [-0.3, -0.25) is 0 Å². The highest BCUT2D eigenvalue weighted by atomic mass is 35.5. The molecule has 0 saturated carbocycles. The van der Waals surface area contributed by atoms with Crippen molar-refractivity contribution in [1.82, 2.24) is 14.8 Å². The van der Waals surface area contributed by atoms with Crippen LogP contribution in [-0.2, 0) is 12.3 Å². The third-order valence-electron chi connectivity index (χ3n) is 4.65. The largest absolute Gasteiger partial charge is 0.489 e. The van der Waals surface area contributed by atoms with Crippen molar-refractivity contribution in [2.24, 2.45) is 0 Å². The van der Waals surface area contributed by atoms with E-state index in [9.17, 15) is 0 Å². The van der Waals surface area contributed by atoms with Gasteiger partial charge in [-0.05, 0) is 37.1 Å². The lowest BCUT2D eigenvalue weighted by atomic mass is 10.1. The number of thioether (sulfide) groups is 1. The predicted octanol–water partition coefficient (Wildman–Crippen LogP) is 5.38. The summed E-state index contributed by atoms with van der Waals surface area (Å²) in [5.41, 5.74) is 3.38. The summed E-state index contributed by atoms with van der Waals surface area (Å²) in [6.45, 7) is 6.28. The number of hydrogen-bond donors (Lipinski definition) is 0. The minimum atomic E-state index is 0.590. The molecular weight excluding hydrogens is 394 g/mol. The third-order valence-corrected chi connectivity index (χ3v) is 5.97. The molecule has 0 fully saturated rings. The van der Waals surface area contributed by atoms with Gasteiger partial charge in [0, 0.05) is 24.3 Å². The van der Waals surface area contributed by atoms with Gasteiger partial charge in [0.1, 0.15) is 0 Å². The molecule has 1 aliphatic rings. The summed E-state index contributed by atoms with van der Waals surface area (Å²) < 4.78 is 13.6. The maximum atomic E-state index is 6.41. The number of rotatable bonds is 5. The highest BCUT2D eigenvalue weighted by Gasteiger charge is 2.18. The second-order valence-corrected chi connectivity index (χ2v) is 7.96. The first-order valence-electron chi connectivity index (χ1n) is 9.37. The normalized spacial score (nSPS) is 13.4.